The average Bonchev–Trinajstić information content (AvgIpc) is 2.67. The lowest BCUT2D eigenvalue weighted by Gasteiger charge is -2.12. The number of fused-ring (bicyclic) bond motifs is 1. The number of unbranched alkanes of at least 4 members (excludes halogenated alkanes) is 1. The van der Waals surface area contributed by atoms with Crippen LogP contribution in [-0.4, -0.2) is 36.2 Å². The number of imide groups is 1. The smallest absolute Gasteiger partial charge is 0.261 e. The van der Waals surface area contributed by atoms with Gasteiger partial charge in [0.05, 0.1) is 11.1 Å². The van der Waals surface area contributed by atoms with Crippen LogP contribution in [0.5, 0.6) is 0 Å². The average molecular weight is 260 g/mol. The van der Waals surface area contributed by atoms with Crippen LogP contribution >= 0.6 is 0 Å². The molecular formula is C14H16N2O3. The highest BCUT2D eigenvalue weighted by Gasteiger charge is 2.35. The first kappa shape index (κ1) is 13.3. The Balaban J connectivity index is 2.34. The van der Waals surface area contributed by atoms with Gasteiger partial charge in [0.2, 0.25) is 0 Å². The van der Waals surface area contributed by atoms with Crippen molar-refractivity contribution < 1.29 is 14.4 Å². The molecule has 1 aliphatic rings. The maximum absolute atomic E-state index is 12.1. The van der Waals surface area contributed by atoms with Crippen molar-refractivity contribution in [3.05, 3.63) is 34.9 Å². The molecular weight excluding hydrogens is 244 g/mol. The Morgan fingerprint density at radius 2 is 1.89 bits per heavy atom. The van der Waals surface area contributed by atoms with E-state index in [1.807, 2.05) is 6.92 Å². The summed E-state index contributed by atoms with van der Waals surface area (Å²) < 4.78 is 0. The van der Waals surface area contributed by atoms with E-state index in [1.165, 1.54) is 18.0 Å². The van der Waals surface area contributed by atoms with Crippen LogP contribution in [0.3, 0.4) is 0 Å². The van der Waals surface area contributed by atoms with Gasteiger partial charge in [-0.1, -0.05) is 13.3 Å². The number of amides is 3. The molecule has 1 heterocycles. The minimum absolute atomic E-state index is 0.267. The van der Waals surface area contributed by atoms with Gasteiger partial charge in [-0.05, 0) is 24.6 Å². The molecule has 0 radical (unpaired) electrons. The normalized spacial score (nSPS) is 13.7. The molecule has 100 valence electrons. The van der Waals surface area contributed by atoms with E-state index in [1.54, 1.807) is 12.1 Å². The summed E-state index contributed by atoms with van der Waals surface area (Å²) in [6.45, 7) is 2.43. The fourth-order valence-corrected chi connectivity index (χ4v) is 2.10. The van der Waals surface area contributed by atoms with Gasteiger partial charge in [0.1, 0.15) is 0 Å². The van der Waals surface area contributed by atoms with Gasteiger partial charge in [-0.15, -0.1) is 0 Å². The number of hydrogen-bond donors (Lipinski definition) is 1. The second-order valence-corrected chi connectivity index (χ2v) is 4.45. The van der Waals surface area contributed by atoms with Crippen LogP contribution in [0.15, 0.2) is 18.2 Å². The lowest BCUT2D eigenvalue weighted by atomic mass is 10.1. The summed E-state index contributed by atoms with van der Waals surface area (Å²) in [6, 6.07) is 4.60. The molecule has 0 fully saturated rings. The van der Waals surface area contributed by atoms with Crippen molar-refractivity contribution >= 4 is 17.7 Å². The molecule has 0 aliphatic carbocycles. The minimum atomic E-state index is -0.306. The van der Waals surface area contributed by atoms with Gasteiger partial charge in [0.25, 0.3) is 17.7 Å². The molecule has 1 aliphatic heterocycles. The predicted molar refractivity (Wildman–Crippen MR) is 70.1 cm³/mol. The van der Waals surface area contributed by atoms with E-state index in [9.17, 15) is 14.4 Å². The minimum Gasteiger partial charge on any atom is -0.355 e. The highest BCUT2D eigenvalue weighted by atomic mass is 16.2. The number of nitrogens with zero attached hydrogens (tertiary/aromatic N) is 1. The lowest BCUT2D eigenvalue weighted by Crippen LogP contribution is -2.30. The fraction of sp³-hybridized carbons (Fsp3) is 0.357. The van der Waals surface area contributed by atoms with E-state index >= 15 is 0 Å². The molecule has 0 bridgehead atoms. The van der Waals surface area contributed by atoms with Crippen molar-refractivity contribution in [3.63, 3.8) is 0 Å². The highest BCUT2D eigenvalue weighted by molar-refractivity contribution is 6.22. The van der Waals surface area contributed by atoms with Crippen molar-refractivity contribution in [1.29, 1.82) is 0 Å². The third-order valence-electron chi connectivity index (χ3n) is 3.20. The van der Waals surface area contributed by atoms with Crippen molar-refractivity contribution in [2.24, 2.45) is 0 Å². The summed E-state index contributed by atoms with van der Waals surface area (Å²) in [6.07, 6.45) is 1.70. The fourth-order valence-electron chi connectivity index (χ4n) is 2.10. The molecule has 1 N–H and O–H groups in total. The number of hydrogen-bond acceptors (Lipinski definition) is 3. The maximum Gasteiger partial charge on any atom is 0.261 e. The van der Waals surface area contributed by atoms with Gasteiger partial charge in [-0.25, -0.2) is 0 Å². The van der Waals surface area contributed by atoms with Gasteiger partial charge in [-0.2, -0.15) is 0 Å². The van der Waals surface area contributed by atoms with Gasteiger partial charge in [0, 0.05) is 19.2 Å². The molecule has 1 aromatic rings. The molecule has 0 aromatic heterocycles. The van der Waals surface area contributed by atoms with Crippen LogP contribution in [0.4, 0.5) is 0 Å². The largest absolute Gasteiger partial charge is 0.355 e. The van der Waals surface area contributed by atoms with E-state index in [-0.39, 0.29) is 17.7 Å². The molecule has 3 amide bonds. The number of carbonyl (C=O) groups excluding carboxylic acids is 3. The number of rotatable bonds is 4. The van der Waals surface area contributed by atoms with Crippen molar-refractivity contribution in [3.8, 4) is 0 Å². The van der Waals surface area contributed by atoms with Crippen LogP contribution in [-0.2, 0) is 0 Å². The SMILES string of the molecule is CCCCN1C(=O)c2ccc(C(=O)NC)cc2C1=O. The predicted octanol–water partition coefficient (Wildman–Crippen LogP) is 1.44. The Morgan fingerprint density at radius 3 is 2.53 bits per heavy atom. The van der Waals surface area contributed by atoms with Crippen LogP contribution < -0.4 is 5.32 Å². The standard InChI is InChI=1S/C14H16N2O3/c1-3-4-7-16-13(18)10-6-5-9(12(17)15-2)8-11(10)14(16)19/h5-6,8H,3-4,7H2,1-2H3,(H,15,17). The monoisotopic (exact) mass is 260 g/mol. The van der Waals surface area contributed by atoms with E-state index in [0.717, 1.165) is 12.8 Å². The number of nitrogens with one attached hydrogen (secondary N) is 1. The maximum atomic E-state index is 12.1. The second-order valence-electron chi connectivity index (χ2n) is 4.45. The zero-order valence-electron chi connectivity index (χ0n) is 11.0. The van der Waals surface area contributed by atoms with Gasteiger partial charge in [-0.3, -0.25) is 19.3 Å². The Labute approximate surface area is 111 Å². The van der Waals surface area contributed by atoms with E-state index in [4.69, 9.17) is 0 Å². The van der Waals surface area contributed by atoms with E-state index in [2.05, 4.69) is 5.32 Å². The Kier molecular flexibility index (Phi) is 3.64. The number of carbonyl (C=O) groups is 3. The Morgan fingerprint density at radius 1 is 1.21 bits per heavy atom. The molecule has 2 rings (SSSR count). The zero-order chi connectivity index (χ0) is 14.0. The highest BCUT2D eigenvalue weighted by Crippen LogP contribution is 2.24. The van der Waals surface area contributed by atoms with Gasteiger partial charge >= 0.3 is 0 Å². The molecule has 0 atom stereocenters. The van der Waals surface area contributed by atoms with Crippen molar-refractivity contribution in [2.75, 3.05) is 13.6 Å². The lowest BCUT2D eigenvalue weighted by molar-refractivity contribution is 0.0652. The van der Waals surface area contributed by atoms with Crippen LogP contribution in [0.1, 0.15) is 50.8 Å². The topological polar surface area (TPSA) is 66.5 Å². The molecule has 0 saturated carbocycles. The molecule has 5 nitrogen and oxygen atoms in total. The summed E-state index contributed by atoms with van der Waals surface area (Å²) in [5.41, 5.74) is 1.09. The number of benzene rings is 1. The van der Waals surface area contributed by atoms with Crippen LogP contribution in [0.25, 0.3) is 0 Å². The van der Waals surface area contributed by atoms with Gasteiger partial charge in [0.15, 0.2) is 0 Å². The molecule has 1 aromatic carbocycles. The van der Waals surface area contributed by atoms with Crippen LogP contribution in [0, 0.1) is 0 Å². The summed E-state index contributed by atoms with van der Waals surface area (Å²) in [5, 5.41) is 2.50. The molecule has 0 unspecified atom stereocenters. The van der Waals surface area contributed by atoms with Crippen molar-refractivity contribution in [2.45, 2.75) is 19.8 Å². The Hall–Kier alpha value is -2.17. The first-order valence-electron chi connectivity index (χ1n) is 6.32. The Bertz CT molecular complexity index is 552. The molecule has 0 saturated heterocycles. The summed E-state index contributed by atoms with van der Waals surface area (Å²) in [4.78, 5) is 37.0. The van der Waals surface area contributed by atoms with Crippen LogP contribution in [0.2, 0.25) is 0 Å². The first-order chi connectivity index (χ1) is 9.10. The van der Waals surface area contributed by atoms with Gasteiger partial charge < -0.3 is 5.32 Å². The second kappa shape index (κ2) is 5.22. The molecule has 0 spiro atoms. The first-order valence-corrected chi connectivity index (χ1v) is 6.32. The van der Waals surface area contributed by atoms with E-state index < -0.39 is 0 Å². The third-order valence-corrected chi connectivity index (χ3v) is 3.20. The van der Waals surface area contributed by atoms with E-state index in [0.29, 0.717) is 23.2 Å². The summed E-state index contributed by atoms with van der Waals surface area (Å²) in [5.74, 6) is -0.842. The molecule has 19 heavy (non-hydrogen) atoms. The third kappa shape index (κ3) is 2.23. The zero-order valence-corrected chi connectivity index (χ0v) is 11.0. The molecule has 5 heteroatoms. The summed E-state index contributed by atoms with van der Waals surface area (Å²) in [7, 11) is 1.52. The van der Waals surface area contributed by atoms with Crippen molar-refractivity contribution in [1.82, 2.24) is 10.2 Å². The quantitative estimate of drug-likeness (QED) is 0.833. The summed E-state index contributed by atoms with van der Waals surface area (Å²) >= 11 is 0.